The van der Waals surface area contributed by atoms with Gasteiger partial charge in [0.25, 0.3) is 12.3 Å². The van der Waals surface area contributed by atoms with E-state index in [9.17, 15) is 13.6 Å². The zero-order valence-corrected chi connectivity index (χ0v) is 9.70. The van der Waals surface area contributed by atoms with Gasteiger partial charge in [0.2, 0.25) is 0 Å². The minimum atomic E-state index is -2.63. The van der Waals surface area contributed by atoms with E-state index >= 15 is 0 Å². The van der Waals surface area contributed by atoms with Crippen molar-refractivity contribution in [2.24, 2.45) is 0 Å². The third-order valence-electron chi connectivity index (χ3n) is 2.09. The van der Waals surface area contributed by atoms with Crippen LogP contribution in [0, 0.1) is 0 Å². The van der Waals surface area contributed by atoms with E-state index in [0.717, 1.165) is 4.90 Å². The quantitative estimate of drug-likeness (QED) is 0.883. The number of rotatable bonds is 5. The second kappa shape index (κ2) is 6.51. The second-order valence-corrected chi connectivity index (χ2v) is 3.81. The number of hydrogen-bond donors (Lipinski definition) is 1. The largest absolute Gasteiger partial charge is 0.395 e. The van der Waals surface area contributed by atoms with Gasteiger partial charge in [0.05, 0.1) is 13.2 Å². The third-order valence-corrected chi connectivity index (χ3v) is 2.32. The van der Waals surface area contributed by atoms with Crippen molar-refractivity contribution >= 4 is 17.5 Å². The molecule has 0 fully saturated rings. The molecule has 0 saturated heterocycles. The van der Waals surface area contributed by atoms with Crippen molar-refractivity contribution in [2.75, 3.05) is 19.7 Å². The van der Waals surface area contributed by atoms with Crippen LogP contribution in [0.1, 0.15) is 10.4 Å². The molecule has 1 N–H and O–H groups in total. The molecule has 0 bridgehead atoms. The molecule has 6 heteroatoms. The monoisotopic (exact) mass is 263 g/mol. The molecular weight excluding hydrogens is 252 g/mol. The average molecular weight is 264 g/mol. The maximum Gasteiger partial charge on any atom is 0.255 e. The zero-order chi connectivity index (χ0) is 12.8. The van der Waals surface area contributed by atoms with Gasteiger partial charge in [-0.15, -0.1) is 0 Å². The Hall–Kier alpha value is -1.20. The lowest BCUT2D eigenvalue weighted by atomic mass is 10.2. The highest BCUT2D eigenvalue weighted by Gasteiger charge is 2.19. The Bertz CT molecular complexity index is 387. The Labute approximate surface area is 103 Å². The number of hydrogen-bond acceptors (Lipinski definition) is 2. The molecule has 0 aliphatic carbocycles. The summed E-state index contributed by atoms with van der Waals surface area (Å²) in [6, 6.07) is 6.04. The van der Waals surface area contributed by atoms with Crippen LogP contribution in [-0.2, 0) is 0 Å². The van der Waals surface area contributed by atoms with Gasteiger partial charge in [0.1, 0.15) is 0 Å². The van der Waals surface area contributed by atoms with E-state index in [1.54, 1.807) is 12.1 Å². The van der Waals surface area contributed by atoms with Gasteiger partial charge in [-0.05, 0) is 18.2 Å². The number of halogens is 3. The number of aliphatic hydroxyl groups is 1. The summed E-state index contributed by atoms with van der Waals surface area (Å²) in [6.45, 7) is -1.19. The number of nitrogens with zero attached hydrogens (tertiary/aromatic N) is 1. The van der Waals surface area contributed by atoms with Gasteiger partial charge in [-0.3, -0.25) is 4.79 Å². The molecule has 0 aliphatic rings. The summed E-state index contributed by atoms with van der Waals surface area (Å²) in [5, 5.41) is 9.09. The van der Waals surface area contributed by atoms with Crippen molar-refractivity contribution in [3.8, 4) is 0 Å². The first-order valence-electron chi connectivity index (χ1n) is 4.98. The van der Waals surface area contributed by atoms with E-state index in [4.69, 9.17) is 16.7 Å². The molecule has 0 saturated carbocycles. The Morgan fingerprint density at radius 2 is 2.18 bits per heavy atom. The fraction of sp³-hybridized carbons (Fsp3) is 0.364. The van der Waals surface area contributed by atoms with E-state index < -0.39 is 18.9 Å². The second-order valence-electron chi connectivity index (χ2n) is 3.38. The molecule has 0 radical (unpaired) electrons. The Balaban J connectivity index is 2.83. The minimum Gasteiger partial charge on any atom is -0.395 e. The zero-order valence-electron chi connectivity index (χ0n) is 8.94. The van der Waals surface area contributed by atoms with Gasteiger partial charge >= 0.3 is 0 Å². The number of benzene rings is 1. The van der Waals surface area contributed by atoms with Gasteiger partial charge in [-0.25, -0.2) is 8.78 Å². The molecule has 0 heterocycles. The fourth-order valence-electron chi connectivity index (χ4n) is 1.37. The maximum absolute atomic E-state index is 12.3. The van der Waals surface area contributed by atoms with Gasteiger partial charge in [0.15, 0.2) is 0 Å². The maximum atomic E-state index is 12.3. The van der Waals surface area contributed by atoms with Crippen molar-refractivity contribution < 1.29 is 18.7 Å². The van der Waals surface area contributed by atoms with Crippen LogP contribution < -0.4 is 0 Å². The first kappa shape index (κ1) is 13.9. The van der Waals surface area contributed by atoms with Crippen LogP contribution in [0.15, 0.2) is 24.3 Å². The third kappa shape index (κ3) is 4.28. The van der Waals surface area contributed by atoms with E-state index in [1.807, 2.05) is 0 Å². The van der Waals surface area contributed by atoms with Crippen molar-refractivity contribution in [1.29, 1.82) is 0 Å². The molecular formula is C11H12ClF2NO2. The predicted octanol–water partition coefficient (Wildman–Crippen LogP) is 2.04. The predicted molar refractivity (Wildman–Crippen MR) is 60.4 cm³/mol. The summed E-state index contributed by atoms with van der Waals surface area (Å²) in [6.07, 6.45) is -2.63. The molecule has 1 rings (SSSR count). The molecule has 1 amide bonds. The molecule has 0 atom stereocenters. The Morgan fingerprint density at radius 3 is 2.71 bits per heavy atom. The molecule has 17 heavy (non-hydrogen) atoms. The molecule has 1 aromatic carbocycles. The SMILES string of the molecule is O=C(c1cccc(Cl)c1)N(CCO)CC(F)F. The number of alkyl halides is 2. The van der Waals surface area contributed by atoms with Crippen molar-refractivity contribution in [1.82, 2.24) is 4.90 Å². The van der Waals surface area contributed by atoms with E-state index in [1.165, 1.54) is 12.1 Å². The molecule has 0 unspecified atom stereocenters. The normalized spacial score (nSPS) is 10.6. The summed E-state index contributed by atoms with van der Waals surface area (Å²) in [4.78, 5) is 12.7. The van der Waals surface area contributed by atoms with Crippen LogP contribution >= 0.6 is 11.6 Å². The van der Waals surface area contributed by atoms with E-state index in [0.29, 0.717) is 5.02 Å². The van der Waals surface area contributed by atoms with Crippen LogP contribution in [0.5, 0.6) is 0 Å². The van der Waals surface area contributed by atoms with Crippen molar-refractivity contribution in [2.45, 2.75) is 6.43 Å². The number of carbonyl (C=O) groups excluding carboxylic acids is 1. The standard InChI is InChI=1S/C11H12ClF2NO2/c12-9-3-1-2-8(6-9)11(17)15(4-5-16)7-10(13)14/h1-3,6,10,16H,4-5,7H2. The van der Waals surface area contributed by atoms with Crippen LogP contribution in [0.3, 0.4) is 0 Å². The lowest BCUT2D eigenvalue weighted by Gasteiger charge is -2.21. The van der Waals surface area contributed by atoms with Gasteiger partial charge in [-0.2, -0.15) is 0 Å². The number of aliphatic hydroxyl groups excluding tert-OH is 1. The van der Waals surface area contributed by atoms with Gasteiger partial charge < -0.3 is 10.0 Å². The molecule has 94 valence electrons. The topological polar surface area (TPSA) is 40.5 Å². The molecule has 0 spiro atoms. The first-order chi connectivity index (χ1) is 8.04. The summed E-state index contributed by atoms with van der Waals surface area (Å²) in [5.41, 5.74) is 0.228. The smallest absolute Gasteiger partial charge is 0.255 e. The summed E-state index contributed by atoms with van der Waals surface area (Å²) < 4.78 is 24.5. The van der Waals surface area contributed by atoms with E-state index in [-0.39, 0.29) is 18.7 Å². The minimum absolute atomic E-state index is 0.129. The van der Waals surface area contributed by atoms with E-state index in [2.05, 4.69) is 0 Å². The Kier molecular flexibility index (Phi) is 5.31. The van der Waals surface area contributed by atoms with Crippen molar-refractivity contribution in [3.05, 3.63) is 34.9 Å². The van der Waals surface area contributed by atoms with Crippen LogP contribution in [0.4, 0.5) is 8.78 Å². The molecule has 0 aliphatic heterocycles. The molecule has 1 aromatic rings. The van der Waals surface area contributed by atoms with Gasteiger partial charge in [-0.1, -0.05) is 17.7 Å². The lowest BCUT2D eigenvalue weighted by Crippen LogP contribution is -2.37. The number of amides is 1. The summed E-state index contributed by atoms with van der Waals surface area (Å²) in [5.74, 6) is -0.568. The van der Waals surface area contributed by atoms with Gasteiger partial charge in [0, 0.05) is 17.1 Å². The fourth-order valence-corrected chi connectivity index (χ4v) is 1.56. The van der Waals surface area contributed by atoms with Crippen molar-refractivity contribution in [3.63, 3.8) is 0 Å². The average Bonchev–Trinajstić information content (AvgIpc) is 2.27. The highest BCUT2D eigenvalue weighted by Crippen LogP contribution is 2.13. The van der Waals surface area contributed by atoms with Crippen LogP contribution in [0.2, 0.25) is 5.02 Å². The Morgan fingerprint density at radius 1 is 1.47 bits per heavy atom. The number of carbonyl (C=O) groups is 1. The lowest BCUT2D eigenvalue weighted by molar-refractivity contribution is 0.0509. The molecule has 3 nitrogen and oxygen atoms in total. The van der Waals surface area contributed by atoms with Crippen LogP contribution in [-0.4, -0.2) is 42.0 Å². The highest BCUT2D eigenvalue weighted by atomic mass is 35.5. The summed E-state index contributed by atoms with van der Waals surface area (Å²) >= 11 is 5.71. The molecule has 0 aromatic heterocycles. The highest BCUT2D eigenvalue weighted by molar-refractivity contribution is 6.30. The summed E-state index contributed by atoms with van der Waals surface area (Å²) in [7, 11) is 0. The van der Waals surface area contributed by atoms with Crippen LogP contribution in [0.25, 0.3) is 0 Å². The first-order valence-corrected chi connectivity index (χ1v) is 5.36.